The molecule has 3 amide bonds. The van der Waals surface area contributed by atoms with Crippen LogP contribution in [-0.4, -0.2) is 268 Å². The van der Waals surface area contributed by atoms with Crippen molar-refractivity contribution in [3.8, 4) is 34.7 Å². The zero-order valence-corrected chi connectivity index (χ0v) is 81.7. The standard InChI is InChI=1S/C34H48N6O6S.C32H44N6O6S.C31H42N6O6S/c1-23(2)22-28(35)33(42)46-26-13-17-39(18-14-26)32(41)24-8-10-25(11-9-24)37-34-36-16-12-31(38-34)40-19-15-27-29(40)6-4-7-30(27)45-20-5-21-47(3,43)44;1-32(2,33)30(40)44-24-13-17-37(18-14-24)29(39)22-8-10-23(11-9-22)35-31-34-16-12-28(36-31)38-19-15-25-26(38)6-4-7-27(25)43-20-5-21-45(3,41)42;1-21(32)30(39)43-24-12-16-36(17-13-24)29(38)22-7-9-23(10-8-22)34-31-33-15-11-28(35-31)37-18-14-25-26(37)5-3-6-27(25)42-19-4-20-44(2,40)41/h4,6-7,12,15-16,19,23-26,28H,5,8-11,13-14,17-18,20-22,35H2,1-3H3,(H,36,37,38);4,6-7,12,15-16,19,22-24H,5,8-11,13-14,17-18,20-21,33H2,1-3H3,(H,34,35,36);3,5-6,11,14-15,18,21-24H,4,7-10,12-13,16-17,19-20,32H2,1-2H3,(H,33,34,35)/t24?,25?,28-;;21-,22?,23?/m0.0/s1. The summed E-state index contributed by atoms with van der Waals surface area (Å²) in [5, 5.41) is 13.2. The van der Waals surface area contributed by atoms with Gasteiger partial charge < -0.3 is 90.0 Å². The topological polar surface area (TPSA) is 476 Å². The predicted molar refractivity (Wildman–Crippen MR) is 521 cm³/mol. The molecule has 0 radical (unpaired) electrons. The molecule has 3 saturated heterocycles. The zero-order valence-electron chi connectivity index (χ0n) is 79.3. The lowest BCUT2D eigenvalue weighted by Gasteiger charge is -2.36. The number of carbonyl (C=O) groups is 6. The number of carbonyl (C=O) groups excluding carboxylic acids is 6. The van der Waals surface area contributed by atoms with Crippen molar-refractivity contribution in [1.29, 1.82) is 0 Å². The molecule has 136 heavy (non-hydrogen) atoms. The van der Waals surface area contributed by atoms with Crippen LogP contribution in [0.25, 0.3) is 50.2 Å². The summed E-state index contributed by atoms with van der Waals surface area (Å²) in [5.41, 5.74) is 19.2. The van der Waals surface area contributed by atoms with E-state index in [4.69, 9.17) is 60.6 Å². The smallest absolute Gasteiger partial charge is 0.325 e. The summed E-state index contributed by atoms with van der Waals surface area (Å²) in [6.45, 7) is 13.5. The summed E-state index contributed by atoms with van der Waals surface area (Å²) in [6.07, 6.45) is 29.7. The Morgan fingerprint density at radius 3 is 0.985 bits per heavy atom. The minimum Gasteiger partial charge on any atom is -0.493 e. The second-order valence-corrected chi connectivity index (χ2v) is 44.8. The first kappa shape index (κ1) is 102. The maximum absolute atomic E-state index is 13.3. The molecule has 9 heterocycles. The Balaban J connectivity index is 0.000000173. The third kappa shape index (κ3) is 29.2. The molecule has 0 spiro atoms. The van der Waals surface area contributed by atoms with E-state index in [0.717, 1.165) is 110 Å². The number of hydrogen-bond donors (Lipinski definition) is 6. The number of nitrogens with zero attached hydrogens (tertiary/aromatic N) is 12. The van der Waals surface area contributed by atoms with Gasteiger partial charge in [-0.1, -0.05) is 32.0 Å². The van der Waals surface area contributed by atoms with Gasteiger partial charge in [0.05, 0.1) is 53.6 Å². The molecule has 6 fully saturated rings. The van der Waals surface area contributed by atoms with E-state index in [1.165, 1.54) is 18.8 Å². The molecule has 3 saturated carbocycles. The lowest BCUT2D eigenvalue weighted by atomic mass is 9.85. The van der Waals surface area contributed by atoms with Gasteiger partial charge in [-0.3, -0.25) is 28.8 Å². The van der Waals surface area contributed by atoms with Gasteiger partial charge in [0.2, 0.25) is 35.6 Å². The fraction of sp³-hybridized carbons (Fsp3) is 0.567. The second kappa shape index (κ2) is 46.8. The Kier molecular flexibility index (Phi) is 35.2. The summed E-state index contributed by atoms with van der Waals surface area (Å²) in [4.78, 5) is 109. The van der Waals surface area contributed by atoms with Gasteiger partial charge in [-0.15, -0.1) is 0 Å². The molecule has 6 aromatic heterocycles. The number of hydrogen-bond acceptors (Lipinski definition) is 30. The number of nitrogens with one attached hydrogen (secondary N) is 3. The minimum absolute atomic E-state index is 0.00232. The second-order valence-electron chi connectivity index (χ2n) is 38.0. The number of rotatable bonds is 35. The van der Waals surface area contributed by atoms with Gasteiger partial charge in [-0.25, -0.2) is 40.2 Å². The predicted octanol–water partition coefficient (Wildman–Crippen LogP) is 10.7. The van der Waals surface area contributed by atoms with Crippen molar-refractivity contribution >= 4 is 116 Å². The minimum atomic E-state index is -3.03. The fourth-order valence-corrected chi connectivity index (χ4v) is 20.3. The molecule has 36 nitrogen and oxygen atoms in total. The number of nitrogens with two attached hydrogens (primary N) is 3. The van der Waals surface area contributed by atoms with Crippen molar-refractivity contribution < 1.29 is 82.4 Å². The van der Waals surface area contributed by atoms with Gasteiger partial charge in [-0.2, -0.15) is 15.0 Å². The number of ether oxygens (including phenoxy) is 6. The first-order chi connectivity index (χ1) is 64.9. The summed E-state index contributed by atoms with van der Waals surface area (Å²) in [7, 11) is -9.07. The Morgan fingerprint density at radius 1 is 0.412 bits per heavy atom. The third-order valence-corrected chi connectivity index (χ3v) is 28.8. The molecule has 0 unspecified atom stereocenters. The van der Waals surface area contributed by atoms with Gasteiger partial charge in [0.25, 0.3) is 0 Å². The maximum Gasteiger partial charge on any atom is 0.325 e. The molecule has 738 valence electrons. The highest BCUT2D eigenvalue weighted by molar-refractivity contribution is 7.91. The van der Waals surface area contributed by atoms with Crippen LogP contribution < -0.4 is 47.4 Å². The lowest BCUT2D eigenvalue weighted by molar-refractivity contribution is -0.158. The molecule has 9 N–H and O–H groups in total. The van der Waals surface area contributed by atoms with Gasteiger partial charge >= 0.3 is 17.9 Å². The molecular weight excluding hydrogens is 1800 g/mol. The average molecular weight is 1940 g/mol. The first-order valence-corrected chi connectivity index (χ1v) is 53.9. The van der Waals surface area contributed by atoms with Crippen molar-refractivity contribution in [2.75, 3.05) is 111 Å². The first-order valence-electron chi connectivity index (χ1n) is 47.7. The van der Waals surface area contributed by atoms with E-state index in [9.17, 15) is 54.0 Å². The van der Waals surface area contributed by atoms with Crippen molar-refractivity contribution in [2.45, 2.75) is 230 Å². The Morgan fingerprint density at radius 2 is 0.706 bits per heavy atom. The number of anilines is 3. The van der Waals surface area contributed by atoms with E-state index in [1.54, 1.807) is 39.4 Å². The summed E-state index contributed by atoms with van der Waals surface area (Å²) in [5.74, 6) is 5.86. The monoisotopic (exact) mass is 1930 g/mol. The molecule has 2 atom stereocenters. The van der Waals surface area contributed by atoms with Crippen LogP contribution in [0.1, 0.15) is 176 Å². The van der Waals surface area contributed by atoms with Crippen LogP contribution in [0.4, 0.5) is 17.8 Å². The molecule has 0 bridgehead atoms. The number of fused-ring (bicyclic) bond motifs is 3. The Hall–Kier alpha value is -11.1. The molecule has 39 heteroatoms. The largest absolute Gasteiger partial charge is 0.493 e. The molecule has 9 aromatic rings. The number of benzene rings is 3. The lowest BCUT2D eigenvalue weighted by Crippen LogP contribution is -2.48. The van der Waals surface area contributed by atoms with Gasteiger partial charge in [-0.05, 0) is 202 Å². The molecule has 3 aromatic carbocycles. The average Bonchev–Trinajstić information content (AvgIpc) is 1.47. The van der Waals surface area contributed by atoms with E-state index in [1.807, 2.05) is 152 Å². The maximum atomic E-state index is 13.3. The number of amides is 3. The van der Waals surface area contributed by atoms with Crippen LogP contribution in [-0.2, 0) is 72.5 Å². The van der Waals surface area contributed by atoms with E-state index >= 15 is 0 Å². The summed E-state index contributed by atoms with van der Waals surface area (Å²) >= 11 is 0. The number of esters is 3. The normalized spacial score (nSPS) is 20.0. The third-order valence-electron chi connectivity index (χ3n) is 25.7. The summed E-state index contributed by atoms with van der Waals surface area (Å²) < 4.78 is 109. The van der Waals surface area contributed by atoms with Crippen LogP contribution >= 0.6 is 0 Å². The van der Waals surface area contributed by atoms with Crippen LogP contribution in [0.5, 0.6) is 17.2 Å². The molecular formula is C97H134N18O18S3. The Bertz CT molecular complexity index is 5920. The van der Waals surface area contributed by atoms with Crippen molar-refractivity contribution in [1.82, 2.24) is 58.3 Å². The SMILES string of the molecule is CC(C)(N)C(=O)OC1CCN(C(=O)C2CCC(Nc3nccc(-n4ccc5c(OCCCS(C)(=O)=O)cccc54)n3)CC2)CC1.CC(C)C[C@H](N)C(=O)OC1CCN(C(=O)C2CCC(Nc3nccc(-n4ccc5c(OCCCS(C)(=O)=O)cccc54)n3)CC2)CC1.C[C@H](N)C(=O)OC1CCN(C(=O)C2CCC(Nc3nccc(-n4ccc5c(OCCCS(C)(=O)=O)cccc54)n3)CC2)CC1. The quantitative estimate of drug-likeness (QED) is 0.0122. The van der Waals surface area contributed by atoms with Crippen LogP contribution in [0, 0.1) is 23.7 Å². The molecule has 6 aliphatic rings. The van der Waals surface area contributed by atoms with Crippen LogP contribution in [0.15, 0.2) is 128 Å². The molecule has 15 rings (SSSR count). The van der Waals surface area contributed by atoms with E-state index in [0.29, 0.717) is 182 Å². The highest BCUT2D eigenvalue weighted by atomic mass is 32.2. The molecule has 3 aliphatic heterocycles. The van der Waals surface area contributed by atoms with Crippen molar-refractivity contribution in [3.05, 3.63) is 128 Å². The van der Waals surface area contributed by atoms with Gasteiger partial charge in [0.15, 0.2) is 0 Å². The van der Waals surface area contributed by atoms with E-state index in [2.05, 4.69) is 30.9 Å². The van der Waals surface area contributed by atoms with Crippen molar-refractivity contribution in [3.63, 3.8) is 0 Å². The van der Waals surface area contributed by atoms with Crippen LogP contribution in [0.3, 0.4) is 0 Å². The van der Waals surface area contributed by atoms with Gasteiger partial charge in [0, 0.05) is 186 Å². The summed E-state index contributed by atoms with van der Waals surface area (Å²) in [6, 6.07) is 28.0. The number of sulfone groups is 3. The molecule has 3 aliphatic carbocycles. The van der Waals surface area contributed by atoms with E-state index < -0.39 is 59.1 Å². The van der Waals surface area contributed by atoms with Crippen LogP contribution in [0.2, 0.25) is 0 Å². The van der Waals surface area contributed by atoms with Crippen molar-refractivity contribution in [2.24, 2.45) is 40.9 Å². The number of piperidine rings is 3. The highest BCUT2D eigenvalue weighted by Crippen LogP contribution is 2.37. The number of aromatic nitrogens is 9. The van der Waals surface area contributed by atoms with Gasteiger partial charge in [0.1, 0.15) is 100 Å². The number of likely N-dealkylation sites (tertiary alicyclic amines) is 3. The Labute approximate surface area is 796 Å². The fourth-order valence-electron chi connectivity index (χ4n) is 18.4. The highest BCUT2D eigenvalue weighted by Gasteiger charge is 2.38. The zero-order chi connectivity index (χ0) is 97.0. The van der Waals surface area contributed by atoms with E-state index in [-0.39, 0.29) is 95.1 Å².